The number of amides is 2. The van der Waals surface area contributed by atoms with Gasteiger partial charge in [0.1, 0.15) is 23.7 Å². The summed E-state index contributed by atoms with van der Waals surface area (Å²) in [6, 6.07) is 23.0. The van der Waals surface area contributed by atoms with E-state index in [9.17, 15) is 4.79 Å². The number of urea groups is 1. The molecule has 0 bridgehead atoms. The molecule has 5 rings (SSSR count). The van der Waals surface area contributed by atoms with E-state index in [1.165, 1.54) is 12.0 Å². The number of hydrogen-bond acceptors (Lipinski definition) is 7. The first kappa shape index (κ1) is 27.0. The van der Waals surface area contributed by atoms with Gasteiger partial charge in [-0.25, -0.2) is 19.7 Å². The highest BCUT2D eigenvalue weighted by molar-refractivity contribution is 6.07. The van der Waals surface area contributed by atoms with E-state index in [2.05, 4.69) is 49.6 Å². The zero-order valence-electron chi connectivity index (χ0n) is 23.4. The van der Waals surface area contributed by atoms with Crippen molar-refractivity contribution in [3.8, 4) is 5.75 Å². The summed E-state index contributed by atoms with van der Waals surface area (Å²) in [6.45, 7) is 8.05. The third-order valence-electron chi connectivity index (χ3n) is 7.12. The van der Waals surface area contributed by atoms with Crippen molar-refractivity contribution in [2.45, 2.75) is 13.8 Å². The molecule has 1 fully saturated rings. The number of aryl methyl sites for hydroxylation is 2. The minimum atomic E-state index is -0.330. The average Bonchev–Trinajstić information content (AvgIpc) is 2.96. The molecule has 3 aromatic carbocycles. The van der Waals surface area contributed by atoms with E-state index in [1.807, 2.05) is 68.4 Å². The number of methoxy groups -OCH3 is 1. The van der Waals surface area contributed by atoms with Crippen LogP contribution >= 0.6 is 0 Å². The van der Waals surface area contributed by atoms with Crippen LogP contribution in [0, 0.1) is 13.8 Å². The van der Waals surface area contributed by atoms with Gasteiger partial charge < -0.3 is 25.2 Å². The highest BCUT2D eigenvalue weighted by atomic mass is 16.5. The maximum Gasteiger partial charge on any atom is 0.332 e. The quantitative estimate of drug-likeness (QED) is 0.301. The number of rotatable bonds is 7. The molecule has 9 heteroatoms. The summed E-state index contributed by atoms with van der Waals surface area (Å²) >= 11 is 0. The summed E-state index contributed by atoms with van der Waals surface area (Å²) in [5, 5.41) is 6.40. The highest BCUT2D eigenvalue weighted by Crippen LogP contribution is 2.32. The molecule has 0 spiro atoms. The van der Waals surface area contributed by atoms with Crippen LogP contribution in [0.4, 0.5) is 39.2 Å². The Balaban J connectivity index is 1.41. The first-order chi connectivity index (χ1) is 19.4. The van der Waals surface area contributed by atoms with Crippen LogP contribution in [0.15, 0.2) is 79.1 Å². The van der Waals surface area contributed by atoms with Crippen LogP contribution < -0.4 is 25.2 Å². The summed E-state index contributed by atoms with van der Waals surface area (Å²) in [4.78, 5) is 28.9. The van der Waals surface area contributed by atoms with E-state index in [1.54, 1.807) is 18.1 Å². The van der Waals surface area contributed by atoms with Gasteiger partial charge in [-0.15, -0.1) is 0 Å². The maximum absolute atomic E-state index is 13.7. The Morgan fingerprint density at radius 3 is 2.35 bits per heavy atom. The molecule has 0 atom stereocenters. The van der Waals surface area contributed by atoms with Crippen LogP contribution in [0.1, 0.15) is 11.1 Å². The monoisotopic (exact) mass is 537 g/mol. The Morgan fingerprint density at radius 2 is 1.65 bits per heavy atom. The van der Waals surface area contributed by atoms with Gasteiger partial charge >= 0.3 is 6.03 Å². The van der Waals surface area contributed by atoms with Crippen molar-refractivity contribution in [1.29, 1.82) is 0 Å². The van der Waals surface area contributed by atoms with Crippen LogP contribution in [0.5, 0.6) is 5.75 Å². The fourth-order valence-corrected chi connectivity index (χ4v) is 4.73. The number of aromatic nitrogens is 2. The third-order valence-corrected chi connectivity index (χ3v) is 7.12. The Labute approximate surface area is 235 Å². The zero-order chi connectivity index (χ0) is 28.1. The number of nitrogens with zero attached hydrogens (tertiary/aromatic N) is 5. The van der Waals surface area contributed by atoms with Gasteiger partial charge in [0.05, 0.1) is 12.8 Å². The van der Waals surface area contributed by atoms with Crippen molar-refractivity contribution in [2.75, 3.05) is 60.8 Å². The minimum absolute atomic E-state index is 0.330. The number of ether oxygens (including phenoxy) is 1. The number of piperazine rings is 1. The second-order valence-corrected chi connectivity index (χ2v) is 9.96. The normalized spacial score (nSPS) is 13.6. The van der Waals surface area contributed by atoms with Crippen molar-refractivity contribution in [2.24, 2.45) is 0 Å². The molecular weight excluding hydrogens is 502 g/mol. The van der Waals surface area contributed by atoms with E-state index in [0.717, 1.165) is 48.7 Å². The fraction of sp³-hybridized carbons (Fsp3) is 0.258. The number of likely N-dealkylation sites (N-methyl/N-ethyl adjacent to an activating group) is 1. The zero-order valence-corrected chi connectivity index (χ0v) is 23.4. The number of nitrogens with one attached hydrogen (secondary N) is 2. The lowest BCUT2D eigenvalue weighted by Crippen LogP contribution is -2.44. The molecule has 1 aromatic heterocycles. The predicted octanol–water partition coefficient (Wildman–Crippen LogP) is 5.97. The van der Waals surface area contributed by atoms with Crippen LogP contribution in [-0.2, 0) is 0 Å². The molecule has 1 aliphatic heterocycles. The van der Waals surface area contributed by atoms with Crippen molar-refractivity contribution in [3.63, 3.8) is 0 Å². The molecule has 0 saturated carbocycles. The molecule has 9 nitrogen and oxygen atoms in total. The van der Waals surface area contributed by atoms with E-state index in [-0.39, 0.29) is 6.03 Å². The molecule has 2 N–H and O–H groups in total. The van der Waals surface area contributed by atoms with Gasteiger partial charge in [-0.1, -0.05) is 18.2 Å². The third kappa shape index (κ3) is 6.16. The topological polar surface area (TPSA) is 85.9 Å². The Hall–Kier alpha value is -4.63. The highest BCUT2D eigenvalue weighted by Gasteiger charge is 2.23. The van der Waals surface area contributed by atoms with Gasteiger partial charge in [-0.3, -0.25) is 0 Å². The van der Waals surface area contributed by atoms with Crippen molar-refractivity contribution in [3.05, 3.63) is 90.3 Å². The molecule has 40 heavy (non-hydrogen) atoms. The number of hydrogen-bond donors (Lipinski definition) is 2. The second-order valence-electron chi connectivity index (χ2n) is 9.96. The van der Waals surface area contributed by atoms with Gasteiger partial charge in [0, 0.05) is 49.3 Å². The number of carbonyl (C=O) groups is 1. The first-order valence-electron chi connectivity index (χ1n) is 13.4. The van der Waals surface area contributed by atoms with Crippen LogP contribution in [0.25, 0.3) is 0 Å². The van der Waals surface area contributed by atoms with Gasteiger partial charge in [0.25, 0.3) is 0 Å². The summed E-state index contributed by atoms with van der Waals surface area (Å²) in [7, 11) is 3.78. The second kappa shape index (κ2) is 12.0. The summed E-state index contributed by atoms with van der Waals surface area (Å²) in [6.07, 6.45) is 1.46. The SMILES string of the molecule is COc1ccc(N(C(=O)Nc2ccccc2C)c2cc(Nc3ccc(N4CCN(C)CC4)cc3)ncn2)c(C)c1. The van der Waals surface area contributed by atoms with Gasteiger partial charge in [-0.2, -0.15) is 0 Å². The molecular formula is C31H35N7O2. The lowest BCUT2D eigenvalue weighted by atomic mass is 10.1. The Kier molecular flexibility index (Phi) is 8.12. The fourth-order valence-electron chi connectivity index (χ4n) is 4.73. The predicted molar refractivity (Wildman–Crippen MR) is 162 cm³/mol. The molecule has 4 aromatic rings. The number of anilines is 6. The minimum Gasteiger partial charge on any atom is -0.497 e. The Bertz CT molecular complexity index is 1470. The standard InChI is InChI=1S/C31H35N7O2/c1-22-7-5-6-8-27(22)35-31(39)38(28-14-13-26(40-4)19-23(28)2)30-20-29(32-21-33-30)34-24-9-11-25(12-10-24)37-17-15-36(3)16-18-37/h5-14,19-21H,15-18H2,1-4H3,(H,35,39)(H,32,33,34). The molecule has 1 aliphatic rings. The first-order valence-corrected chi connectivity index (χ1v) is 13.4. The molecule has 0 unspecified atom stereocenters. The van der Waals surface area contributed by atoms with Crippen LogP contribution in [0.2, 0.25) is 0 Å². The van der Waals surface area contributed by atoms with E-state index < -0.39 is 0 Å². The van der Waals surface area contributed by atoms with E-state index >= 15 is 0 Å². The lowest BCUT2D eigenvalue weighted by Gasteiger charge is -2.34. The van der Waals surface area contributed by atoms with Crippen molar-refractivity contribution in [1.82, 2.24) is 14.9 Å². The van der Waals surface area contributed by atoms with Crippen molar-refractivity contribution >= 4 is 40.4 Å². The summed E-state index contributed by atoms with van der Waals surface area (Å²) in [5.41, 5.74) is 5.36. The molecule has 2 amide bonds. The average molecular weight is 538 g/mol. The van der Waals surface area contributed by atoms with Gasteiger partial charge in [0.15, 0.2) is 0 Å². The number of para-hydroxylation sites is 1. The molecule has 2 heterocycles. The van der Waals surface area contributed by atoms with Crippen LogP contribution in [0.3, 0.4) is 0 Å². The van der Waals surface area contributed by atoms with Crippen LogP contribution in [-0.4, -0.2) is 61.2 Å². The maximum atomic E-state index is 13.7. The summed E-state index contributed by atoms with van der Waals surface area (Å²) < 4.78 is 5.38. The number of benzene rings is 3. The molecule has 1 saturated heterocycles. The number of carbonyl (C=O) groups excluding carboxylic acids is 1. The van der Waals surface area contributed by atoms with E-state index in [4.69, 9.17) is 4.74 Å². The lowest BCUT2D eigenvalue weighted by molar-refractivity contribution is 0.259. The van der Waals surface area contributed by atoms with Crippen molar-refractivity contribution < 1.29 is 9.53 Å². The Morgan fingerprint density at radius 1 is 0.900 bits per heavy atom. The molecule has 0 radical (unpaired) electrons. The van der Waals surface area contributed by atoms with Gasteiger partial charge in [0.2, 0.25) is 0 Å². The van der Waals surface area contributed by atoms with Gasteiger partial charge in [-0.05, 0) is 80.6 Å². The molecule has 0 aliphatic carbocycles. The largest absolute Gasteiger partial charge is 0.497 e. The smallest absolute Gasteiger partial charge is 0.332 e. The summed E-state index contributed by atoms with van der Waals surface area (Å²) in [5.74, 6) is 1.73. The van der Waals surface area contributed by atoms with E-state index in [0.29, 0.717) is 23.1 Å². The molecule has 206 valence electrons.